The molecule has 0 bridgehead atoms. The lowest BCUT2D eigenvalue weighted by Crippen LogP contribution is -2.31. The molecule has 0 fully saturated rings. The number of aromatic nitrogens is 3. The predicted octanol–water partition coefficient (Wildman–Crippen LogP) is 2.19. The number of hydrogen-bond donors (Lipinski definition) is 0. The van der Waals surface area contributed by atoms with E-state index in [-0.39, 0.29) is 16.8 Å². The molecule has 0 N–H and O–H groups in total. The van der Waals surface area contributed by atoms with E-state index in [9.17, 15) is 4.79 Å². The minimum absolute atomic E-state index is 0.205. The van der Waals surface area contributed by atoms with Gasteiger partial charge in [-0.05, 0) is 19.1 Å². The Kier molecular flexibility index (Phi) is 4.41. The normalized spacial score (nSPS) is 10.2. The van der Waals surface area contributed by atoms with Gasteiger partial charge in [0, 0.05) is 12.7 Å². The van der Waals surface area contributed by atoms with Gasteiger partial charge in [-0.15, -0.1) is 0 Å². The van der Waals surface area contributed by atoms with E-state index in [1.54, 1.807) is 11.1 Å². The van der Waals surface area contributed by atoms with Crippen LogP contribution in [0.5, 0.6) is 0 Å². The summed E-state index contributed by atoms with van der Waals surface area (Å²) in [6.07, 6.45) is 4.51. The van der Waals surface area contributed by atoms with Crippen LogP contribution < -0.4 is 0 Å². The predicted molar refractivity (Wildman–Crippen MR) is 71.7 cm³/mol. The third-order valence-electron chi connectivity index (χ3n) is 2.57. The Labute approximate surface area is 116 Å². The first-order valence-corrected chi connectivity index (χ1v) is 6.25. The highest BCUT2D eigenvalue weighted by molar-refractivity contribution is 6.29. The number of carbonyl (C=O) groups is 1. The summed E-state index contributed by atoms with van der Waals surface area (Å²) in [5.41, 5.74) is 1.07. The molecule has 0 saturated carbocycles. The summed E-state index contributed by atoms with van der Waals surface area (Å²) in [5, 5.41) is 0.208. The zero-order valence-corrected chi connectivity index (χ0v) is 11.2. The fraction of sp³-hybridized carbons (Fsp3) is 0.231. The van der Waals surface area contributed by atoms with Crippen molar-refractivity contribution in [1.82, 2.24) is 19.9 Å². The second-order valence-electron chi connectivity index (χ2n) is 3.87. The molecule has 0 radical (unpaired) electrons. The topological polar surface area (TPSA) is 59.0 Å². The Bertz CT molecular complexity index is 562. The van der Waals surface area contributed by atoms with Crippen molar-refractivity contribution >= 4 is 17.5 Å². The molecule has 0 unspecified atom stereocenters. The van der Waals surface area contributed by atoms with E-state index >= 15 is 0 Å². The largest absolute Gasteiger partial charge is 0.332 e. The molecule has 0 saturated heterocycles. The summed E-state index contributed by atoms with van der Waals surface area (Å²) in [6.45, 7) is 2.90. The number of rotatable bonds is 4. The van der Waals surface area contributed by atoms with Crippen molar-refractivity contribution in [2.45, 2.75) is 13.5 Å². The lowest BCUT2D eigenvalue weighted by molar-refractivity contribution is 0.0744. The third kappa shape index (κ3) is 3.48. The summed E-state index contributed by atoms with van der Waals surface area (Å²) in [5.74, 6) is -0.205. The average Bonchev–Trinajstić information content (AvgIpc) is 2.45. The lowest BCUT2D eigenvalue weighted by Gasteiger charge is -2.19. The van der Waals surface area contributed by atoms with Crippen LogP contribution in [0.2, 0.25) is 5.15 Å². The number of nitrogens with zero attached hydrogens (tertiary/aromatic N) is 4. The second kappa shape index (κ2) is 6.24. The van der Waals surface area contributed by atoms with Crippen molar-refractivity contribution < 1.29 is 4.79 Å². The highest BCUT2D eigenvalue weighted by atomic mass is 35.5. The summed E-state index contributed by atoms with van der Waals surface area (Å²) in [7, 11) is 0. The van der Waals surface area contributed by atoms with Crippen LogP contribution in [0.25, 0.3) is 0 Å². The first kappa shape index (κ1) is 13.4. The van der Waals surface area contributed by atoms with Crippen LogP contribution >= 0.6 is 11.6 Å². The molecule has 19 heavy (non-hydrogen) atoms. The van der Waals surface area contributed by atoms with Crippen LogP contribution in [0.1, 0.15) is 23.1 Å². The van der Waals surface area contributed by atoms with Crippen LogP contribution in [-0.2, 0) is 6.54 Å². The summed E-state index contributed by atoms with van der Waals surface area (Å²) in [6, 6.07) is 5.60. The van der Waals surface area contributed by atoms with Gasteiger partial charge in [-0.3, -0.25) is 14.8 Å². The number of pyridine rings is 1. The minimum Gasteiger partial charge on any atom is -0.332 e. The number of halogens is 1. The molecule has 0 aliphatic rings. The lowest BCUT2D eigenvalue weighted by atomic mass is 10.3. The smallest absolute Gasteiger partial charge is 0.274 e. The van der Waals surface area contributed by atoms with Gasteiger partial charge in [0.15, 0.2) is 0 Å². The standard InChI is InChI=1S/C13H13ClN4O/c1-2-18(9-10-5-3-4-6-16-10)13(19)11-7-15-8-12(14)17-11/h3-8H,2,9H2,1H3. The molecule has 98 valence electrons. The Hall–Kier alpha value is -2.01. The van der Waals surface area contributed by atoms with Crippen molar-refractivity contribution in [3.8, 4) is 0 Å². The molecule has 6 heteroatoms. The number of hydrogen-bond acceptors (Lipinski definition) is 4. The fourth-order valence-electron chi connectivity index (χ4n) is 1.62. The van der Waals surface area contributed by atoms with Crippen molar-refractivity contribution in [3.05, 3.63) is 53.3 Å². The highest BCUT2D eigenvalue weighted by Gasteiger charge is 2.16. The molecule has 0 atom stereocenters. The van der Waals surface area contributed by atoms with E-state index in [1.807, 2.05) is 25.1 Å². The second-order valence-corrected chi connectivity index (χ2v) is 4.25. The molecule has 2 aromatic rings. The van der Waals surface area contributed by atoms with Gasteiger partial charge in [-0.1, -0.05) is 17.7 Å². The molecular weight excluding hydrogens is 264 g/mol. The van der Waals surface area contributed by atoms with Crippen molar-refractivity contribution in [3.63, 3.8) is 0 Å². The third-order valence-corrected chi connectivity index (χ3v) is 2.75. The zero-order chi connectivity index (χ0) is 13.7. The monoisotopic (exact) mass is 276 g/mol. The van der Waals surface area contributed by atoms with Crippen LogP contribution in [0, 0.1) is 0 Å². The van der Waals surface area contributed by atoms with Crippen LogP contribution in [0.15, 0.2) is 36.8 Å². The maximum absolute atomic E-state index is 12.3. The SMILES string of the molecule is CCN(Cc1ccccn1)C(=O)c1cncc(Cl)n1. The Morgan fingerprint density at radius 1 is 1.37 bits per heavy atom. The first-order valence-electron chi connectivity index (χ1n) is 5.87. The molecule has 0 aliphatic carbocycles. The van der Waals surface area contributed by atoms with Crippen molar-refractivity contribution in [2.24, 2.45) is 0 Å². The van der Waals surface area contributed by atoms with Gasteiger partial charge in [0.1, 0.15) is 10.8 Å². The first-order chi connectivity index (χ1) is 9.20. The van der Waals surface area contributed by atoms with E-state index in [2.05, 4.69) is 15.0 Å². The molecule has 0 aromatic carbocycles. The quantitative estimate of drug-likeness (QED) is 0.859. The number of carbonyl (C=O) groups excluding carboxylic acids is 1. The molecule has 2 rings (SSSR count). The highest BCUT2D eigenvalue weighted by Crippen LogP contribution is 2.08. The van der Waals surface area contributed by atoms with Crippen LogP contribution in [0.3, 0.4) is 0 Å². The summed E-state index contributed by atoms with van der Waals surface area (Å²) in [4.78, 5) is 26.0. The van der Waals surface area contributed by atoms with Gasteiger partial charge in [0.05, 0.1) is 24.6 Å². The van der Waals surface area contributed by atoms with Crippen LogP contribution in [-0.4, -0.2) is 32.3 Å². The van der Waals surface area contributed by atoms with Crippen molar-refractivity contribution in [2.75, 3.05) is 6.54 Å². The molecular formula is C13H13ClN4O. The molecule has 2 aromatic heterocycles. The molecule has 1 amide bonds. The summed E-state index contributed by atoms with van der Waals surface area (Å²) >= 11 is 5.74. The van der Waals surface area contributed by atoms with Gasteiger partial charge in [-0.2, -0.15) is 0 Å². The molecule has 5 nitrogen and oxygen atoms in total. The van der Waals surface area contributed by atoms with Crippen molar-refractivity contribution in [1.29, 1.82) is 0 Å². The Morgan fingerprint density at radius 3 is 2.84 bits per heavy atom. The van der Waals surface area contributed by atoms with Gasteiger partial charge in [-0.25, -0.2) is 4.98 Å². The molecule has 0 aliphatic heterocycles. The fourth-order valence-corrected chi connectivity index (χ4v) is 1.77. The maximum Gasteiger partial charge on any atom is 0.274 e. The molecule has 0 spiro atoms. The Morgan fingerprint density at radius 2 is 2.21 bits per heavy atom. The number of amides is 1. The van der Waals surface area contributed by atoms with E-state index in [0.717, 1.165) is 5.69 Å². The van der Waals surface area contributed by atoms with Gasteiger partial charge in [0.25, 0.3) is 5.91 Å². The van der Waals surface area contributed by atoms with Gasteiger partial charge in [0.2, 0.25) is 0 Å². The Balaban J connectivity index is 2.16. The average molecular weight is 277 g/mol. The maximum atomic E-state index is 12.3. The minimum atomic E-state index is -0.205. The summed E-state index contributed by atoms with van der Waals surface area (Å²) < 4.78 is 0. The molecule has 2 heterocycles. The van der Waals surface area contributed by atoms with Gasteiger partial charge < -0.3 is 4.90 Å². The van der Waals surface area contributed by atoms with E-state index in [4.69, 9.17) is 11.6 Å². The zero-order valence-electron chi connectivity index (χ0n) is 10.5. The van der Waals surface area contributed by atoms with E-state index in [1.165, 1.54) is 12.4 Å². The van der Waals surface area contributed by atoms with Crippen LogP contribution in [0.4, 0.5) is 0 Å². The van der Waals surface area contributed by atoms with Gasteiger partial charge >= 0.3 is 0 Å². The van der Waals surface area contributed by atoms with E-state index < -0.39 is 0 Å². The van der Waals surface area contributed by atoms with E-state index in [0.29, 0.717) is 13.1 Å².